The quantitative estimate of drug-likeness (QED) is 0.259. The first-order valence-corrected chi connectivity index (χ1v) is 14.2. The Morgan fingerprint density at radius 3 is 1.30 bits per heavy atom. The number of aliphatic hydroxyl groups excluding tert-OH is 2. The number of hydrogen-bond donors (Lipinski definition) is 2. The van der Waals surface area contributed by atoms with Crippen LogP contribution in [-0.2, 0) is 42.0 Å². The van der Waals surface area contributed by atoms with Crippen LogP contribution >= 0.6 is 0 Å². The van der Waals surface area contributed by atoms with Crippen LogP contribution in [0.15, 0.2) is 73.3 Å². The Labute approximate surface area is 204 Å². The van der Waals surface area contributed by atoms with Gasteiger partial charge in [0.2, 0.25) is 0 Å². The number of aliphatic carboxylic acids is 2. The number of carbonyl (C=O) groups excluding carboxylic acids is 2. The zero-order valence-electron chi connectivity index (χ0n) is 18.3. The van der Waals surface area contributed by atoms with Gasteiger partial charge in [0.25, 0.3) is 0 Å². The maximum absolute atomic E-state index is 9.24. The van der Waals surface area contributed by atoms with Gasteiger partial charge < -0.3 is 30.0 Å². The molecule has 2 N–H and O–H groups in total. The molecule has 0 bridgehead atoms. The van der Waals surface area contributed by atoms with Crippen molar-refractivity contribution in [3.63, 3.8) is 0 Å². The summed E-state index contributed by atoms with van der Waals surface area (Å²) >= 11 is -1.13. The molecule has 0 amide bonds. The van der Waals surface area contributed by atoms with Crippen LogP contribution in [0.25, 0.3) is 0 Å². The first-order chi connectivity index (χ1) is 15.6. The van der Waals surface area contributed by atoms with E-state index in [2.05, 4.69) is 61.8 Å². The molecule has 0 aromatic carbocycles. The molecule has 2 aliphatic carbocycles. The average Bonchev–Trinajstić information content (AvgIpc) is 3.57. The van der Waals surface area contributed by atoms with E-state index < -0.39 is 46.4 Å². The van der Waals surface area contributed by atoms with Crippen LogP contribution < -0.4 is 10.2 Å². The number of carbonyl (C=O) groups is 2. The molecule has 2 aliphatic heterocycles. The first kappa shape index (κ1) is 27.0. The van der Waals surface area contributed by atoms with E-state index in [9.17, 15) is 19.8 Å². The van der Waals surface area contributed by atoms with E-state index >= 15 is 0 Å². The van der Waals surface area contributed by atoms with Gasteiger partial charge in [-0.1, -0.05) is 13.2 Å². The van der Waals surface area contributed by atoms with Crippen molar-refractivity contribution in [1.29, 1.82) is 0 Å². The summed E-state index contributed by atoms with van der Waals surface area (Å²) < 4.78 is 12.7. The molecule has 176 valence electrons. The van der Waals surface area contributed by atoms with Crippen molar-refractivity contribution in [3.8, 4) is 0 Å². The van der Waals surface area contributed by atoms with Gasteiger partial charge in [0.05, 0.1) is 0 Å². The minimum atomic E-state index is -1.63. The molecule has 2 heterocycles. The third kappa shape index (κ3) is 7.38. The zero-order valence-corrected chi connectivity index (χ0v) is 21.9. The van der Waals surface area contributed by atoms with Gasteiger partial charge in [-0.15, -0.1) is 0 Å². The van der Waals surface area contributed by atoms with Gasteiger partial charge in [-0.05, 0) is 0 Å². The van der Waals surface area contributed by atoms with Crippen molar-refractivity contribution in [2.75, 3.05) is 13.2 Å². The monoisotopic (exact) mass is 624 g/mol. The van der Waals surface area contributed by atoms with Gasteiger partial charge in [0, 0.05) is 0 Å². The van der Waals surface area contributed by atoms with E-state index in [0.29, 0.717) is 12.2 Å². The van der Waals surface area contributed by atoms with Crippen molar-refractivity contribution >= 4 is 11.9 Å². The van der Waals surface area contributed by atoms with E-state index in [1.807, 2.05) is 0 Å². The Bertz CT molecular complexity index is 740. The Kier molecular flexibility index (Phi) is 10.1. The molecule has 33 heavy (non-hydrogen) atoms. The van der Waals surface area contributed by atoms with Gasteiger partial charge >= 0.3 is 138 Å². The summed E-state index contributed by atoms with van der Waals surface area (Å²) in [5.74, 6) is -5.13. The summed E-state index contributed by atoms with van der Waals surface area (Å²) in [6, 6.07) is 0. The summed E-state index contributed by atoms with van der Waals surface area (Å²) in [5.41, 5.74) is 0. The molecule has 4 rings (SSSR count). The van der Waals surface area contributed by atoms with Gasteiger partial charge in [-0.25, -0.2) is 0 Å². The Balaban J connectivity index is 0.000000269. The van der Waals surface area contributed by atoms with Gasteiger partial charge in [-0.3, -0.25) is 0 Å². The van der Waals surface area contributed by atoms with Crippen molar-refractivity contribution in [2.45, 2.75) is 44.2 Å². The molecule has 2 unspecified atom stereocenters. The Hall–Kier alpha value is -2.23. The molecule has 4 aliphatic rings. The predicted octanol–water partition coefficient (Wildman–Crippen LogP) is 1.61. The number of aliphatic hydroxyl groups is 2. The van der Waals surface area contributed by atoms with Crippen LogP contribution in [0.5, 0.6) is 0 Å². The minimum Gasteiger partial charge on any atom is -0.542 e. The van der Waals surface area contributed by atoms with Gasteiger partial charge in [0.1, 0.15) is 23.5 Å². The number of hydrogen-bond acceptors (Lipinski definition) is 8. The van der Waals surface area contributed by atoms with E-state index in [4.69, 9.17) is 19.7 Å². The van der Waals surface area contributed by atoms with Crippen LogP contribution in [0.3, 0.4) is 0 Å². The molecule has 2 saturated heterocycles. The van der Waals surface area contributed by atoms with Gasteiger partial charge in [-0.2, -0.15) is 0 Å². The Morgan fingerprint density at radius 1 is 0.788 bits per heavy atom. The third-order valence-electron chi connectivity index (χ3n) is 5.54. The van der Waals surface area contributed by atoms with Crippen LogP contribution in [0.2, 0.25) is 6.34 Å². The second kappa shape index (κ2) is 12.3. The molecule has 8 nitrogen and oxygen atoms in total. The smallest absolute Gasteiger partial charge is 0.131 e. The second-order valence-corrected chi connectivity index (χ2v) is 15.0. The molecular formula is C24H28HfO8. The van der Waals surface area contributed by atoms with Crippen LogP contribution in [0.1, 0.15) is 25.7 Å². The molecular weight excluding hydrogens is 595 g/mol. The van der Waals surface area contributed by atoms with Crippen LogP contribution in [-0.4, -0.2) is 47.6 Å². The fraction of sp³-hybridized carbons (Fsp3) is 0.417. The molecule has 9 heteroatoms. The van der Waals surface area contributed by atoms with E-state index in [0.717, 1.165) is 13.2 Å². The molecule has 0 aromatic heterocycles. The van der Waals surface area contributed by atoms with Crippen molar-refractivity contribution < 1.29 is 62.4 Å². The largest absolute Gasteiger partial charge is 0.542 e. The van der Waals surface area contributed by atoms with Crippen molar-refractivity contribution in [2.24, 2.45) is 0 Å². The number of allylic oxidation sites excluding steroid dienone is 4. The number of ether oxygens (including phenoxy) is 2. The predicted molar refractivity (Wildman–Crippen MR) is 113 cm³/mol. The molecule has 0 saturated carbocycles. The first-order valence-electron chi connectivity index (χ1n) is 10.6. The fourth-order valence-corrected chi connectivity index (χ4v) is 12.1. The second-order valence-electron chi connectivity index (χ2n) is 7.90. The third-order valence-corrected chi connectivity index (χ3v) is 13.4. The maximum atomic E-state index is 9.24. The molecule has 2 fully saturated rings. The SMILES string of the molecule is C1=C[C]([Hf+2][C]2(C3CCCO3)C=CC=C2)(C2CCCO2)C=C1.C=C(O)C(=O)[O-].C=C(O)C(=O)[O-]. The fourth-order valence-electron chi connectivity index (χ4n) is 4.01. The van der Waals surface area contributed by atoms with Crippen molar-refractivity contribution in [3.05, 3.63) is 73.3 Å². The van der Waals surface area contributed by atoms with Crippen LogP contribution in [0, 0.1) is 0 Å². The van der Waals surface area contributed by atoms with Gasteiger partial charge in [0.15, 0.2) is 0 Å². The normalized spacial score (nSPS) is 24.8. The molecule has 2 atom stereocenters. The number of carboxylic acid groups (broad SMARTS) is 2. The summed E-state index contributed by atoms with van der Waals surface area (Å²) in [4.78, 5) is 18.5. The van der Waals surface area contributed by atoms with E-state index in [-0.39, 0.29) is 6.34 Å². The van der Waals surface area contributed by atoms with E-state index in [1.165, 1.54) is 25.7 Å². The molecule has 0 radical (unpaired) electrons. The summed E-state index contributed by atoms with van der Waals surface area (Å²) in [7, 11) is 0. The minimum absolute atomic E-state index is 0.238. The number of rotatable bonds is 6. The summed E-state index contributed by atoms with van der Waals surface area (Å²) in [6.45, 7) is 7.18. The zero-order chi connectivity index (χ0) is 24.5. The summed E-state index contributed by atoms with van der Waals surface area (Å²) in [6.07, 6.45) is 24.4. The summed E-state index contributed by atoms with van der Waals surface area (Å²) in [5, 5.41) is 34.0. The molecule has 0 aromatic rings. The van der Waals surface area contributed by atoms with Crippen molar-refractivity contribution in [1.82, 2.24) is 0 Å². The Morgan fingerprint density at radius 2 is 1.09 bits per heavy atom. The maximum Gasteiger partial charge on any atom is 0.131 e. The topological polar surface area (TPSA) is 139 Å². The molecule has 0 spiro atoms. The standard InChI is InChI=1S/2C9H11O.2C3H4O3.Hf/c2*1-2-5-8(4-1)9-6-3-7-10-9;2*1-2(4)3(5)6;/h2*1-2,4-5,9H,3,6-7H2;2*4H,1H2,(H,5,6);/q;;;;+2/p-2. The van der Waals surface area contributed by atoms with E-state index in [1.54, 1.807) is 0 Å². The number of carboxylic acids is 2. The average molecular weight is 623 g/mol. The van der Waals surface area contributed by atoms with Crippen LogP contribution in [0.4, 0.5) is 0 Å².